The predicted octanol–water partition coefficient (Wildman–Crippen LogP) is 2.49. The van der Waals surface area contributed by atoms with Gasteiger partial charge in [0.1, 0.15) is 5.75 Å². The zero-order valence-corrected chi connectivity index (χ0v) is 11.2. The second-order valence-corrected chi connectivity index (χ2v) is 4.25. The van der Waals surface area contributed by atoms with Crippen LogP contribution < -0.4 is 15.6 Å². The van der Waals surface area contributed by atoms with Gasteiger partial charge in [-0.15, -0.1) is 0 Å². The van der Waals surface area contributed by atoms with Crippen molar-refractivity contribution in [2.45, 2.75) is 20.0 Å². The van der Waals surface area contributed by atoms with Gasteiger partial charge in [-0.05, 0) is 30.7 Å². The summed E-state index contributed by atoms with van der Waals surface area (Å²) in [6.45, 7) is 3.32. The lowest BCUT2D eigenvalue weighted by Gasteiger charge is -2.09. The normalized spacial score (nSPS) is 10.2. The lowest BCUT2D eigenvalue weighted by Crippen LogP contribution is -2.17. The van der Waals surface area contributed by atoms with Crippen molar-refractivity contribution in [2.24, 2.45) is 0 Å². The molecule has 0 fully saturated rings. The molecule has 0 saturated carbocycles. The van der Waals surface area contributed by atoms with E-state index < -0.39 is 0 Å². The molecule has 0 aliphatic heterocycles. The highest BCUT2D eigenvalue weighted by Crippen LogP contribution is 2.14. The molecule has 1 heterocycles. The van der Waals surface area contributed by atoms with Gasteiger partial charge in [0.15, 0.2) is 0 Å². The maximum atomic E-state index is 11.5. The Balaban J connectivity index is 2.07. The number of ether oxygens (including phenoxy) is 1. The van der Waals surface area contributed by atoms with E-state index in [1.165, 1.54) is 0 Å². The Morgan fingerprint density at radius 2 is 2.11 bits per heavy atom. The third-order valence-electron chi connectivity index (χ3n) is 2.95. The summed E-state index contributed by atoms with van der Waals surface area (Å²) in [5, 5.41) is 3.30. The van der Waals surface area contributed by atoms with E-state index >= 15 is 0 Å². The van der Waals surface area contributed by atoms with Crippen LogP contribution in [0.25, 0.3) is 0 Å². The number of aromatic nitrogens is 1. The van der Waals surface area contributed by atoms with Gasteiger partial charge in [0.25, 0.3) is 5.56 Å². The minimum absolute atomic E-state index is 0.0226. The Kier molecular flexibility index (Phi) is 4.23. The maximum Gasteiger partial charge on any atom is 0.250 e. The third-order valence-corrected chi connectivity index (χ3v) is 2.95. The minimum atomic E-state index is 0.0226. The van der Waals surface area contributed by atoms with E-state index in [2.05, 4.69) is 5.32 Å². The molecule has 0 saturated heterocycles. The number of methoxy groups -OCH3 is 1. The second-order valence-electron chi connectivity index (χ2n) is 4.25. The summed E-state index contributed by atoms with van der Waals surface area (Å²) >= 11 is 0. The van der Waals surface area contributed by atoms with Crippen LogP contribution in [-0.2, 0) is 13.1 Å². The molecule has 0 aliphatic rings. The predicted molar refractivity (Wildman–Crippen MR) is 76.7 cm³/mol. The van der Waals surface area contributed by atoms with Crippen molar-refractivity contribution in [1.82, 2.24) is 4.57 Å². The summed E-state index contributed by atoms with van der Waals surface area (Å²) < 4.78 is 6.86. The number of hydrogen-bond acceptors (Lipinski definition) is 3. The van der Waals surface area contributed by atoms with Crippen molar-refractivity contribution in [3.8, 4) is 5.75 Å². The Morgan fingerprint density at radius 1 is 1.26 bits per heavy atom. The standard InChI is InChI=1S/C15H18N2O2/c1-3-17-11-13(7-8-15(17)18)16-10-12-5-4-6-14(9-12)19-2/h4-9,11,16H,3,10H2,1-2H3. The van der Waals surface area contributed by atoms with Gasteiger partial charge in [-0.1, -0.05) is 12.1 Å². The fraction of sp³-hybridized carbons (Fsp3) is 0.267. The number of aryl methyl sites for hydroxylation is 1. The van der Waals surface area contributed by atoms with Crippen LogP contribution in [0.5, 0.6) is 5.75 Å². The lowest BCUT2D eigenvalue weighted by atomic mass is 10.2. The molecule has 4 nitrogen and oxygen atoms in total. The van der Waals surface area contributed by atoms with E-state index in [1.807, 2.05) is 37.4 Å². The van der Waals surface area contributed by atoms with Gasteiger partial charge in [-0.3, -0.25) is 4.79 Å². The number of rotatable bonds is 5. The molecule has 0 unspecified atom stereocenters. The summed E-state index contributed by atoms with van der Waals surface area (Å²) in [6.07, 6.45) is 1.84. The van der Waals surface area contributed by atoms with Crippen molar-refractivity contribution in [3.05, 3.63) is 58.5 Å². The zero-order chi connectivity index (χ0) is 13.7. The average molecular weight is 258 g/mol. The number of benzene rings is 1. The first-order chi connectivity index (χ1) is 9.22. The Morgan fingerprint density at radius 3 is 2.84 bits per heavy atom. The number of hydrogen-bond donors (Lipinski definition) is 1. The van der Waals surface area contributed by atoms with E-state index in [-0.39, 0.29) is 5.56 Å². The van der Waals surface area contributed by atoms with Gasteiger partial charge in [0, 0.05) is 25.4 Å². The van der Waals surface area contributed by atoms with Crippen molar-refractivity contribution < 1.29 is 4.74 Å². The topological polar surface area (TPSA) is 43.3 Å². The summed E-state index contributed by atoms with van der Waals surface area (Å²) in [5.74, 6) is 0.845. The fourth-order valence-electron chi connectivity index (χ4n) is 1.87. The first kappa shape index (κ1) is 13.2. The van der Waals surface area contributed by atoms with E-state index in [0.29, 0.717) is 13.1 Å². The molecule has 0 bridgehead atoms. The van der Waals surface area contributed by atoms with E-state index in [1.54, 1.807) is 23.8 Å². The molecule has 0 radical (unpaired) electrons. The number of anilines is 1. The highest BCUT2D eigenvalue weighted by Gasteiger charge is 1.99. The molecule has 0 atom stereocenters. The largest absolute Gasteiger partial charge is 0.497 e. The van der Waals surface area contributed by atoms with Crippen LogP contribution in [0.1, 0.15) is 12.5 Å². The Labute approximate surface area is 112 Å². The van der Waals surface area contributed by atoms with E-state index in [0.717, 1.165) is 17.0 Å². The monoisotopic (exact) mass is 258 g/mol. The molecule has 0 spiro atoms. The summed E-state index contributed by atoms with van der Waals surface area (Å²) in [4.78, 5) is 11.5. The van der Waals surface area contributed by atoms with Crippen LogP contribution in [0.2, 0.25) is 0 Å². The fourth-order valence-corrected chi connectivity index (χ4v) is 1.87. The summed E-state index contributed by atoms with van der Waals surface area (Å²) in [6, 6.07) is 11.3. The molecule has 0 amide bonds. The van der Waals surface area contributed by atoms with Crippen LogP contribution >= 0.6 is 0 Å². The van der Waals surface area contributed by atoms with Crippen LogP contribution in [0, 0.1) is 0 Å². The Hall–Kier alpha value is -2.23. The SMILES string of the molecule is CCn1cc(NCc2cccc(OC)c2)ccc1=O. The number of pyridine rings is 1. The number of nitrogens with one attached hydrogen (secondary N) is 1. The van der Waals surface area contributed by atoms with Crippen LogP contribution in [0.15, 0.2) is 47.4 Å². The first-order valence-corrected chi connectivity index (χ1v) is 6.30. The molecule has 2 aromatic rings. The highest BCUT2D eigenvalue weighted by molar-refractivity contribution is 5.41. The molecule has 1 N–H and O–H groups in total. The maximum absolute atomic E-state index is 11.5. The van der Waals surface area contributed by atoms with Crippen LogP contribution in [0.4, 0.5) is 5.69 Å². The smallest absolute Gasteiger partial charge is 0.250 e. The molecule has 1 aromatic heterocycles. The summed E-state index contributed by atoms with van der Waals surface area (Å²) in [5.41, 5.74) is 2.09. The van der Waals surface area contributed by atoms with Crippen LogP contribution in [0.3, 0.4) is 0 Å². The van der Waals surface area contributed by atoms with Gasteiger partial charge >= 0.3 is 0 Å². The van der Waals surface area contributed by atoms with Gasteiger partial charge in [-0.2, -0.15) is 0 Å². The minimum Gasteiger partial charge on any atom is -0.497 e. The highest BCUT2D eigenvalue weighted by atomic mass is 16.5. The molecule has 1 aromatic carbocycles. The van der Waals surface area contributed by atoms with E-state index in [4.69, 9.17) is 4.74 Å². The molecule has 19 heavy (non-hydrogen) atoms. The zero-order valence-electron chi connectivity index (χ0n) is 11.2. The van der Waals surface area contributed by atoms with Crippen molar-refractivity contribution >= 4 is 5.69 Å². The molecule has 2 rings (SSSR count). The van der Waals surface area contributed by atoms with Gasteiger partial charge in [-0.25, -0.2) is 0 Å². The lowest BCUT2D eigenvalue weighted by molar-refractivity contribution is 0.414. The second kappa shape index (κ2) is 6.09. The molecular formula is C15H18N2O2. The summed E-state index contributed by atoms with van der Waals surface area (Å²) in [7, 11) is 1.66. The quantitative estimate of drug-likeness (QED) is 0.896. The van der Waals surface area contributed by atoms with Gasteiger partial charge in [0.2, 0.25) is 0 Å². The first-order valence-electron chi connectivity index (χ1n) is 6.30. The molecule has 100 valence electrons. The average Bonchev–Trinajstić information content (AvgIpc) is 2.46. The van der Waals surface area contributed by atoms with Gasteiger partial charge in [0.05, 0.1) is 12.8 Å². The van der Waals surface area contributed by atoms with Gasteiger partial charge < -0.3 is 14.6 Å². The van der Waals surface area contributed by atoms with E-state index in [9.17, 15) is 4.79 Å². The third kappa shape index (κ3) is 3.37. The molecule has 4 heteroatoms. The molecule has 0 aliphatic carbocycles. The van der Waals surface area contributed by atoms with Crippen molar-refractivity contribution in [3.63, 3.8) is 0 Å². The number of nitrogens with zero attached hydrogens (tertiary/aromatic N) is 1. The van der Waals surface area contributed by atoms with Crippen molar-refractivity contribution in [1.29, 1.82) is 0 Å². The van der Waals surface area contributed by atoms with Crippen LogP contribution in [-0.4, -0.2) is 11.7 Å². The molecular weight excluding hydrogens is 240 g/mol. The van der Waals surface area contributed by atoms with Crippen molar-refractivity contribution in [2.75, 3.05) is 12.4 Å². The Bertz CT molecular complexity index is 605.